The fraction of sp³-hybridized carbons (Fsp3) is 0.471. The van der Waals surface area contributed by atoms with E-state index in [9.17, 15) is 0 Å². The number of aromatic nitrogens is 2. The smallest absolute Gasteiger partial charge is 0.0522 e. The molecule has 0 aliphatic heterocycles. The molecule has 0 unspecified atom stereocenters. The summed E-state index contributed by atoms with van der Waals surface area (Å²) in [7, 11) is 4.21. The Kier molecular flexibility index (Phi) is 5.96. The van der Waals surface area contributed by atoms with E-state index in [0.29, 0.717) is 0 Å². The van der Waals surface area contributed by atoms with Crippen molar-refractivity contribution in [3.63, 3.8) is 0 Å². The van der Waals surface area contributed by atoms with E-state index in [2.05, 4.69) is 71.3 Å². The molecule has 21 heavy (non-hydrogen) atoms. The Morgan fingerprint density at radius 3 is 2.57 bits per heavy atom. The van der Waals surface area contributed by atoms with Crippen LogP contribution in [0.3, 0.4) is 0 Å². The van der Waals surface area contributed by atoms with Crippen molar-refractivity contribution in [3.8, 4) is 0 Å². The van der Waals surface area contributed by atoms with Crippen LogP contribution in [0, 0.1) is 0 Å². The van der Waals surface area contributed by atoms with Crippen molar-refractivity contribution >= 4 is 0 Å². The van der Waals surface area contributed by atoms with Gasteiger partial charge in [-0.25, -0.2) is 0 Å². The fourth-order valence-corrected chi connectivity index (χ4v) is 2.47. The summed E-state index contributed by atoms with van der Waals surface area (Å²) in [6, 6.07) is 10.7. The van der Waals surface area contributed by atoms with E-state index < -0.39 is 0 Å². The summed E-state index contributed by atoms with van der Waals surface area (Å²) in [5, 5.41) is 7.90. The van der Waals surface area contributed by atoms with Gasteiger partial charge in [0.15, 0.2) is 0 Å². The van der Waals surface area contributed by atoms with Crippen LogP contribution >= 0.6 is 0 Å². The largest absolute Gasteiger partial charge is 0.307 e. The summed E-state index contributed by atoms with van der Waals surface area (Å²) in [5.41, 5.74) is 4.01. The Hall–Kier alpha value is -1.65. The first-order chi connectivity index (χ1) is 10.2. The molecule has 2 rings (SSSR count). The van der Waals surface area contributed by atoms with Crippen LogP contribution in [0.2, 0.25) is 0 Å². The predicted molar refractivity (Wildman–Crippen MR) is 86.9 cm³/mol. The first-order valence-electron chi connectivity index (χ1n) is 7.63. The van der Waals surface area contributed by atoms with E-state index in [1.165, 1.54) is 16.8 Å². The Morgan fingerprint density at radius 1 is 1.10 bits per heavy atom. The Balaban J connectivity index is 1.92. The quantitative estimate of drug-likeness (QED) is 0.810. The van der Waals surface area contributed by atoms with Crippen LogP contribution in [0.4, 0.5) is 0 Å². The molecule has 0 aliphatic carbocycles. The van der Waals surface area contributed by atoms with Gasteiger partial charge in [0.05, 0.1) is 5.69 Å². The number of aryl methyl sites for hydroxylation is 1. The third kappa shape index (κ3) is 4.69. The molecule has 0 spiro atoms. The Labute approximate surface area is 127 Å². The maximum Gasteiger partial charge on any atom is 0.0522 e. The van der Waals surface area contributed by atoms with Crippen LogP contribution in [0.25, 0.3) is 0 Å². The molecule has 0 amide bonds. The second-order valence-electron chi connectivity index (χ2n) is 5.66. The van der Waals surface area contributed by atoms with Crippen LogP contribution in [0.15, 0.2) is 36.5 Å². The zero-order chi connectivity index (χ0) is 15.1. The van der Waals surface area contributed by atoms with Crippen molar-refractivity contribution in [1.29, 1.82) is 0 Å². The number of nitrogens with zero attached hydrogens (tertiary/aromatic N) is 3. The van der Waals surface area contributed by atoms with Crippen LogP contribution in [0.1, 0.15) is 30.2 Å². The maximum absolute atomic E-state index is 4.36. The minimum absolute atomic E-state index is 0.857. The highest BCUT2D eigenvalue weighted by atomic mass is 15.3. The fourth-order valence-electron chi connectivity index (χ4n) is 2.47. The van der Waals surface area contributed by atoms with Gasteiger partial charge in [0.1, 0.15) is 0 Å². The van der Waals surface area contributed by atoms with Gasteiger partial charge < -0.3 is 10.2 Å². The van der Waals surface area contributed by atoms with Gasteiger partial charge in [0.2, 0.25) is 0 Å². The molecule has 1 heterocycles. The van der Waals surface area contributed by atoms with Gasteiger partial charge in [0.25, 0.3) is 0 Å². The zero-order valence-corrected chi connectivity index (χ0v) is 13.3. The normalized spacial score (nSPS) is 11.2. The van der Waals surface area contributed by atoms with E-state index in [4.69, 9.17) is 0 Å². The van der Waals surface area contributed by atoms with Crippen molar-refractivity contribution < 1.29 is 0 Å². The molecule has 0 aliphatic rings. The molecule has 4 nitrogen and oxygen atoms in total. The van der Waals surface area contributed by atoms with E-state index in [1.54, 1.807) is 0 Å². The minimum atomic E-state index is 0.857. The molecule has 0 saturated heterocycles. The minimum Gasteiger partial charge on any atom is -0.307 e. The molecular formula is C17H26N4. The third-order valence-corrected chi connectivity index (χ3v) is 3.47. The van der Waals surface area contributed by atoms with Crippen molar-refractivity contribution in [3.05, 3.63) is 53.3 Å². The first kappa shape index (κ1) is 15.7. The van der Waals surface area contributed by atoms with Gasteiger partial charge in [-0.05, 0) is 37.7 Å². The van der Waals surface area contributed by atoms with Gasteiger partial charge in [0, 0.05) is 32.4 Å². The lowest BCUT2D eigenvalue weighted by Crippen LogP contribution is -2.19. The van der Waals surface area contributed by atoms with E-state index in [-0.39, 0.29) is 0 Å². The van der Waals surface area contributed by atoms with Gasteiger partial charge in [-0.3, -0.25) is 4.68 Å². The van der Waals surface area contributed by atoms with Crippen molar-refractivity contribution in [2.75, 3.05) is 14.1 Å². The molecule has 114 valence electrons. The lowest BCUT2D eigenvalue weighted by atomic mass is 10.1. The molecule has 2 aromatic rings. The van der Waals surface area contributed by atoms with Crippen LogP contribution in [-0.2, 0) is 26.2 Å². The standard InChI is InChI=1S/C17H26N4/c1-4-11-21-17(9-10-19-21)13-18-12-15-7-5-6-8-16(15)14-20(2)3/h5-10,18H,4,11-14H2,1-3H3. The highest BCUT2D eigenvalue weighted by molar-refractivity contribution is 5.27. The highest BCUT2D eigenvalue weighted by Gasteiger charge is 2.04. The van der Waals surface area contributed by atoms with Crippen molar-refractivity contribution in [2.45, 2.75) is 39.5 Å². The highest BCUT2D eigenvalue weighted by Crippen LogP contribution is 2.10. The van der Waals surface area contributed by atoms with Crippen molar-refractivity contribution in [2.24, 2.45) is 0 Å². The summed E-state index contributed by atoms with van der Waals surface area (Å²) in [5.74, 6) is 0. The van der Waals surface area contributed by atoms with Gasteiger partial charge in [-0.2, -0.15) is 5.10 Å². The number of hydrogen-bond acceptors (Lipinski definition) is 3. The molecule has 0 atom stereocenters. The summed E-state index contributed by atoms with van der Waals surface area (Å²) in [6.07, 6.45) is 2.99. The number of hydrogen-bond donors (Lipinski definition) is 1. The molecule has 0 radical (unpaired) electrons. The average molecular weight is 286 g/mol. The molecule has 1 aromatic heterocycles. The zero-order valence-electron chi connectivity index (χ0n) is 13.3. The first-order valence-corrected chi connectivity index (χ1v) is 7.63. The summed E-state index contributed by atoms with van der Waals surface area (Å²) in [4.78, 5) is 2.20. The molecule has 0 saturated carbocycles. The molecular weight excluding hydrogens is 260 g/mol. The number of rotatable bonds is 8. The lowest BCUT2D eigenvalue weighted by molar-refractivity contribution is 0.400. The summed E-state index contributed by atoms with van der Waals surface area (Å²) in [6.45, 7) is 5.89. The van der Waals surface area contributed by atoms with Crippen LogP contribution in [0.5, 0.6) is 0 Å². The number of nitrogens with one attached hydrogen (secondary N) is 1. The third-order valence-electron chi connectivity index (χ3n) is 3.47. The Bertz CT molecular complexity index is 545. The average Bonchev–Trinajstić information content (AvgIpc) is 2.88. The second-order valence-corrected chi connectivity index (χ2v) is 5.66. The van der Waals surface area contributed by atoms with Gasteiger partial charge in [-0.1, -0.05) is 31.2 Å². The molecule has 0 bridgehead atoms. The topological polar surface area (TPSA) is 33.1 Å². The van der Waals surface area contributed by atoms with Crippen LogP contribution in [-0.4, -0.2) is 28.8 Å². The molecule has 0 fully saturated rings. The van der Waals surface area contributed by atoms with E-state index >= 15 is 0 Å². The SMILES string of the molecule is CCCn1nccc1CNCc1ccccc1CN(C)C. The molecule has 4 heteroatoms. The van der Waals surface area contributed by atoms with Gasteiger partial charge >= 0.3 is 0 Å². The van der Waals surface area contributed by atoms with E-state index in [1.807, 2.05) is 6.20 Å². The maximum atomic E-state index is 4.36. The predicted octanol–water partition coefficient (Wildman–Crippen LogP) is 2.64. The number of benzene rings is 1. The summed E-state index contributed by atoms with van der Waals surface area (Å²) < 4.78 is 2.08. The molecule has 1 aromatic carbocycles. The van der Waals surface area contributed by atoms with Crippen LogP contribution < -0.4 is 5.32 Å². The second kappa shape index (κ2) is 7.96. The molecule has 1 N–H and O–H groups in total. The van der Waals surface area contributed by atoms with Crippen molar-refractivity contribution in [1.82, 2.24) is 20.0 Å². The Morgan fingerprint density at radius 2 is 1.86 bits per heavy atom. The summed E-state index contributed by atoms with van der Waals surface area (Å²) >= 11 is 0. The van der Waals surface area contributed by atoms with E-state index in [0.717, 1.165) is 32.6 Å². The lowest BCUT2D eigenvalue weighted by Gasteiger charge is -2.15. The monoisotopic (exact) mass is 286 g/mol. The van der Waals surface area contributed by atoms with Gasteiger partial charge in [-0.15, -0.1) is 0 Å².